The van der Waals surface area contributed by atoms with Gasteiger partial charge in [-0.2, -0.15) is 4.98 Å². The molecule has 0 radical (unpaired) electrons. The summed E-state index contributed by atoms with van der Waals surface area (Å²) in [6.07, 6.45) is 1.12. The third-order valence-electron chi connectivity index (χ3n) is 1.94. The lowest BCUT2D eigenvalue weighted by atomic mass is 10.4. The Kier molecular flexibility index (Phi) is 3.33. The maximum atomic E-state index is 10.8. The van der Waals surface area contributed by atoms with E-state index in [1.165, 1.54) is 0 Å². The predicted molar refractivity (Wildman–Crippen MR) is 60.1 cm³/mol. The Balaban J connectivity index is 2.19. The van der Waals surface area contributed by atoms with Crippen molar-refractivity contribution in [3.05, 3.63) is 33.3 Å². The van der Waals surface area contributed by atoms with E-state index in [9.17, 15) is 10.1 Å². The van der Waals surface area contributed by atoms with Crippen LogP contribution in [0.2, 0.25) is 5.15 Å². The monoisotopic (exact) mass is 270 g/mol. The molecular formula is C8H7ClN6O3. The lowest BCUT2D eigenvalue weighted by Gasteiger charge is -2.03. The van der Waals surface area contributed by atoms with E-state index >= 15 is 0 Å². The third-order valence-corrected chi connectivity index (χ3v) is 2.21. The number of rotatable bonds is 4. The Bertz CT molecular complexity index is 586. The Morgan fingerprint density at radius 3 is 2.94 bits per heavy atom. The van der Waals surface area contributed by atoms with Crippen LogP contribution in [0.1, 0.15) is 11.7 Å². The lowest BCUT2D eigenvalue weighted by molar-refractivity contribution is -0.384. The van der Waals surface area contributed by atoms with Crippen LogP contribution in [0.3, 0.4) is 0 Å². The van der Waals surface area contributed by atoms with Gasteiger partial charge in [-0.05, 0) is 6.92 Å². The fourth-order valence-electron chi connectivity index (χ4n) is 1.22. The summed E-state index contributed by atoms with van der Waals surface area (Å²) >= 11 is 5.63. The van der Waals surface area contributed by atoms with Gasteiger partial charge in [0.1, 0.15) is 6.33 Å². The van der Waals surface area contributed by atoms with Crippen LogP contribution in [-0.2, 0) is 6.54 Å². The first-order chi connectivity index (χ1) is 8.58. The maximum absolute atomic E-state index is 10.8. The van der Waals surface area contributed by atoms with Crippen LogP contribution in [0, 0.1) is 17.0 Å². The number of halogens is 1. The largest absolute Gasteiger partial charge is 0.355 e. The molecule has 0 spiro atoms. The van der Waals surface area contributed by atoms with Crippen molar-refractivity contribution < 1.29 is 9.45 Å². The second-order valence-corrected chi connectivity index (χ2v) is 3.57. The molecule has 2 heterocycles. The highest BCUT2D eigenvalue weighted by molar-refractivity contribution is 6.31. The van der Waals surface area contributed by atoms with Crippen molar-refractivity contribution in [3.63, 3.8) is 0 Å². The van der Waals surface area contributed by atoms with Crippen LogP contribution < -0.4 is 5.32 Å². The molecule has 94 valence electrons. The highest BCUT2D eigenvalue weighted by atomic mass is 35.5. The average molecular weight is 271 g/mol. The minimum absolute atomic E-state index is 0.00384. The number of hydrogen-bond donors (Lipinski definition) is 1. The van der Waals surface area contributed by atoms with Gasteiger partial charge >= 0.3 is 5.69 Å². The molecule has 0 aliphatic rings. The third kappa shape index (κ3) is 2.51. The van der Waals surface area contributed by atoms with E-state index in [2.05, 4.69) is 25.4 Å². The molecule has 0 fully saturated rings. The second kappa shape index (κ2) is 4.92. The predicted octanol–water partition coefficient (Wildman–Crippen LogP) is 1.34. The van der Waals surface area contributed by atoms with Crippen molar-refractivity contribution in [1.82, 2.24) is 20.1 Å². The molecule has 10 heteroatoms. The summed E-state index contributed by atoms with van der Waals surface area (Å²) in [5.74, 6) is 0.759. The zero-order valence-corrected chi connectivity index (χ0v) is 9.88. The molecule has 9 nitrogen and oxygen atoms in total. The van der Waals surface area contributed by atoms with E-state index in [-0.39, 0.29) is 23.4 Å². The van der Waals surface area contributed by atoms with Gasteiger partial charge in [0.2, 0.25) is 16.9 Å². The van der Waals surface area contributed by atoms with Gasteiger partial charge < -0.3 is 9.84 Å². The molecule has 1 N–H and O–H groups in total. The minimum Gasteiger partial charge on any atom is -0.355 e. The Morgan fingerprint density at radius 1 is 1.56 bits per heavy atom. The van der Waals surface area contributed by atoms with Gasteiger partial charge in [0, 0.05) is 0 Å². The number of nitro groups is 1. The molecule has 0 atom stereocenters. The van der Waals surface area contributed by atoms with Crippen LogP contribution in [0.25, 0.3) is 0 Å². The summed E-state index contributed by atoms with van der Waals surface area (Å²) < 4.78 is 4.85. The van der Waals surface area contributed by atoms with Crippen LogP contribution in [0.5, 0.6) is 0 Å². The fourth-order valence-corrected chi connectivity index (χ4v) is 1.42. The van der Waals surface area contributed by atoms with Gasteiger partial charge in [-0.3, -0.25) is 10.1 Å². The number of anilines is 1. The highest BCUT2D eigenvalue weighted by Gasteiger charge is 2.21. The summed E-state index contributed by atoms with van der Waals surface area (Å²) in [4.78, 5) is 21.4. The van der Waals surface area contributed by atoms with Crippen molar-refractivity contribution in [2.24, 2.45) is 0 Å². The molecule has 2 aromatic heterocycles. The van der Waals surface area contributed by atoms with Crippen molar-refractivity contribution >= 4 is 23.1 Å². The second-order valence-electron chi connectivity index (χ2n) is 3.21. The van der Waals surface area contributed by atoms with Crippen LogP contribution in [0.15, 0.2) is 10.9 Å². The summed E-state index contributed by atoms with van der Waals surface area (Å²) in [7, 11) is 0. The standard InChI is InChI=1S/C8H7ClN6O3/c1-4-13-5(18-14-4)2-10-8-6(15(16)17)7(9)11-3-12-8/h3H,2H2,1H3,(H,10,11,12). The van der Waals surface area contributed by atoms with Gasteiger partial charge in [-0.1, -0.05) is 16.8 Å². The first kappa shape index (κ1) is 12.2. The number of aryl methyl sites for hydroxylation is 1. The number of aromatic nitrogens is 4. The van der Waals surface area contributed by atoms with Crippen LogP contribution in [0.4, 0.5) is 11.5 Å². The van der Waals surface area contributed by atoms with Crippen molar-refractivity contribution in [2.75, 3.05) is 5.32 Å². The van der Waals surface area contributed by atoms with Crippen LogP contribution in [-0.4, -0.2) is 25.0 Å². The molecule has 0 saturated carbocycles. The highest BCUT2D eigenvalue weighted by Crippen LogP contribution is 2.28. The SMILES string of the molecule is Cc1noc(CNc2ncnc(Cl)c2[N+](=O)[O-])n1. The molecule has 0 amide bonds. The summed E-state index contributed by atoms with van der Waals surface area (Å²) in [5.41, 5.74) is -0.393. The normalized spacial score (nSPS) is 10.3. The van der Waals surface area contributed by atoms with E-state index in [1.807, 2.05) is 0 Å². The van der Waals surface area contributed by atoms with E-state index in [0.717, 1.165) is 6.33 Å². The van der Waals surface area contributed by atoms with E-state index in [4.69, 9.17) is 16.1 Å². The molecule has 0 saturated heterocycles. The van der Waals surface area contributed by atoms with E-state index < -0.39 is 10.6 Å². The fraction of sp³-hybridized carbons (Fsp3) is 0.250. The zero-order chi connectivity index (χ0) is 13.1. The first-order valence-electron chi connectivity index (χ1n) is 4.76. The van der Waals surface area contributed by atoms with E-state index in [0.29, 0.717) is 5.82 Å². The minimum atomic E-state index is -0.663. The van der Waals surface area contributed by atoms with Gasteiger partial charge in [-0.15, -0.1) is 0 Å². The van der Waals surface area contributed by atoms with Gasteiger partial charge in [0.15, 0.2) is 5.82 Å². The summed E-state index contributed by atoms with van der Waals surface area (Å²) in [5, 5.41) is 16.8. The van der Waals surface area contributed by atoms with Gasteiger partial charge in [0.25, 0.3) is 0 Å². The smallest absolute Gasteiger partial charge is 0.348 e. The molecule has 2 aromatic rings. The molecular weight excluding hydrogens is 264 g/mol. The Morgan fingerprint density at radius 2 is 2.33 bits per heavy atom. The topological polar surface area (TPSA) is 120 Å². The molecule has 18 heavy (non-hydrogen) atoms. The van der Waals surface area contributed by atoms with Crippen LogP contribution >= 0.6 is 11.6 Å². The Hall–Kier alpha value is -2.29. The van der Waals surface area contributed by atoms with Gasteiger partial charge in [0.05, 0.1) is 11.5 Å². The first-order valence-corrected chi connectivity index (χ1v) is 5.13. The Labute approximate surface area is 105 Å². The molecule has 2 rings (SSSR count). The number of hydrogen-bond acceptors (Lipinski definition) is 8. The van der Waals surface area contributed by atoms with Crippen molar-refractivity contribution in [2.45, 2.75) is 13.5 Å². The average Bonchev–Trinajstić information content (AvgIpc) is 2.72. The summed E-state index contributed by atoms with van der Waals surface area (Å²) in [6, 6.07) is 0. The van der Waals surface area contributed by atoms with Crippen molar-refractivity contribution in [1.29, 1.82) is 0 Å². The quantitative estimate of drug-likeness (QED) is 0.502. The number of nitrogens with zero attached hydrogens (tertiary/aromatic N) is 5. The molecule has 0 unspecified atom stereocenters. The maximum Gasteiger partial charge on any atom is 0.348 e. The number of nitrogens with one attached hydrogen (secondary N) is 1. The van der Waals surface area contributed by atoms with Gasteiger partial charge in [-0.25, -0.2) is 9.97 Å². The van der Waals surface area contributed by atoms with Crippen molar-refractivity contribution in [3.8, 4) is 0 Å². The molecule has 0 aromatic carbocycles. The molecule has 0 bridgehead atoms. The summed E-state index contributed by atoms with van der Waals surface area (Å²) in [6.45, 7) is 1.77. The molecule has 0 aliphatic heterocycles. The molecule has 0 aliphatic carbocycles. The lowest BCUT2D eigenvalue weighted by Crippen LogP contribution is -2.06. The zero-order valence-electron chi connectivity index (χ0n) is 9.12. The van der Waals surface area contributed by atoms with E-state index in [1.54, 1.807) is 6.92 Å².